The van der Waals surface area contributed by atoms with E-state index < -0.39 is 6.04 Å². The first-order chi connectivity index (χ1) is 14.6. The molecule has 0 saturated carbocycles. The van der Waals surface area contributed by atoms with Crippen molar-refractivity contribution in [3.05, 3.63) is 81.5 Å². The number of halogens is 1. The summed E-state index contributed by atoms with van der Waals surface area (Å²) in [6.07, 6.45) is 0. The highest BCUT2D eigenvalue weighted by Crippen LogP contribution is 2.37. The number of ether oxygens (including phenoxy) is 1. The molecule has 0 bridgehead atoms. The van der Waals surface area contributed by atoms with E-state index in [1.54, 1.807) is 23.4 Å². The molecule has 4 rings (SSSR count). The van der Waals surface area contributed by atoms with Gasteiger partial charge >= 0.3 is 5.97 Å². The Morgan fingerprint density at radius 3 is 2.63 bits per heavy atom. The standard InChI is InChI=1S/C22H21BrN4O2S/c1-3-29-20(28)18-14(2)24-21-25-22(30-13-15-7-5-4-6-8-15)26-27(21)19(18)16-9-11-17(23)12-10-16/h4-12,19H,3,13H2,1-2H3,(H,24,25,26)/t19-/m0/s1. The largest absolute Gasteiger partial charge is 0.463 e. The summed E-state index contributed by atoms with van der Waals surface area (Å²) in [5.41, 5.74) is 3.40. The van der Waals surface area contributed by atoms with E-state index in [1.165, 1.54) is 5.56 Å². The van der Waals surface area contributed by atoms with Gasteiger partial charge in [0.25, 0.3) is 0 Å². The summed E-state index contributed by atoms with van der Waals surface area (Å²) in [7, 11) is 0. The molecular weight excluding hydrogens is 464 g/mol. The Hall–Kier alpha value is -2.58. The number of benzene rings is 2. The number of hydrogen-bond acceptors (Lipinski definition) is 6. The van der Waals surface area contributed by atoms with E-state index in [2.05, 4.69) is 38.4 Å². The Labute approximate surface area is 187 Å². The van der Waals surface area contributed by atoms with Crippen molar-refractivity contribution in [1.82, 2.24) is 14.8 Å². The number of carbonyl (C=O) groups is 1. The maximum atomic E-state index is 12.8. The van der Waals surface area contributed by atoms with Crippen molar-refractivity contribution < 1.29 is 9.53 Å². The summed E-state index contributed by atoms with van der Waals surface area (Å²) in [4.78, 5) is 17.4. The predicted octanol–water partition coefficient (Wildman–Crippen LogP) is 5.18. The molecule has 0 aliphatic carbocycles. The van der Waals surface area contributed by atoms with E-state index in [1.807, 2.05) is 49.4 Å². The number of fused-ring (bicyclic) bond motifs is 1. The Bertz CT molecular complexity index is 1080. The quantitative estimate of drug-likeness (QED) is 0.383. The molecule has 30 heavy (non-hydrogen) atoms. The van der Waals surface area contributed by atoms with Crippen molar-refractivity contribution in [2.45, 2.75) is 30.8 Å². The highest BCUT2D eigenvalue weighted by molar-refractivity contribution is 9.10. The Balaban J connectivity index is 1.70. The fourth-order valence-electron chi connectivity index (χ4n) is 3.34. The summed E-state index contributed by atoms with van der Waals surface area (Å²) < 4.78 is 8.08. The number of nitrogens with one attached hydrogen (secondary N) is 1. The number of thioether (sulfide) groups is 1. The molecule has 8 heteroatoms. The van der Waals surface area contributed by atoms with Crippen LogP contribution in [-0.4, -0.2) is 27.3 Å². The minimum absolute atomic E-state index is 0.311. The second-order valence-corrected chi connectivity index (χ2v) is 8.63. The number of rotatable bonds is 6. The molecule has 6 nitrogen and oxygen atoms in total. The lowest BCUT2D eigenvalue weighted by Crippen LogP contribution is -2.29. The number of esters is 1. The highest BCUT2D eigenvalue weighted by atomic mass is 79.9. The zero-order valence-electron chi connectivity index (χ0n) is 16.6. The molecule has 1 aliphatic rings. The van der Waals surface area contributed by atoms with Gasteiger partial charge in [-0.05, 0) is 37.1 Å². The van der Waals surface area contributed by atoms with Gasteiger partial charge < -0.3 is 10.1 Å². The number of hydrogen-bond donors (Lipinski definition) is 1. The minimum Gasteiger partial charge on any atom is -0.463 e. The molecular formula is C22H21BrN4O2S. The van der Waals surface area contributed by atoms with Crippen molar-refractivity contribution in [1.29, 1.82) is 0 Å². The van der Waals surface area contributed by atoms with E-state index in [9.17, 15) is 4.79 Å². The molecule has 1 N–H and O–H groups in total. The zero-order chi connectivity index (χ0) is 21.1. The van der Waals surface area contributed by atoms with Gasteiger partial charge in [0.1, 0.15) is 6.04 Å². The van der Waals surface area contributed by atoms with Crippen molar-refractivity contribution in [3.8, 4) is 0 Å². The first-order valence-corrected chi connectivity index (χ1v) is 11.4. The third-order valence-electron chi connectivity index (χ3n) is 4.72. The molecule has 0 amide bonds. The van der Waals surface area contributed by atoms with Crippen LogP contribution >= 0.6 is 27.7 Å². The first kappa shape index (κ1) is 20.7. The van der Waals surface area contributed by atoms with Crippen LogP contribution in [0.2, 0.25) is 0 Å². The smallest absolute Gasteiger partial charge is 0.338 e. The van der Waals surface area contributed by atoms with Crippen LogP contribution in [0.5, 0.6) is 0 Å². The monoisotopic (exact) mass is 484 g/mol. The molecule has 0 spiro atoms. The molecule has 1 atom stereocenters. The van der Waals surface area contributed by atoms with E-state index >= 15 is 0 Å². The molecule has 3 aromatic rings. The Morgan fingerprint density at radius 2 is 1.93 bits per heavy atom. The average Bonchev–Trinajstić information content (AvgIpc) is 3.15. The van der Waals surface area contributed by atoms with Gasteiger partial charge in [0.15, 0.2) is 0 Å². The van der Waals surface area contributed by atoms with Crippen molar-refractivity contribution in [2.75, 3.05) is 11.9 Å². The second-order valence-electron chi connectivity index (χ2n) is 6.78. The van der Waals surface area contributed by atoms with Crippen LogP contribution in [-0.2, 0) is 15.3 Å². The summed E-state index contributed by atoms with van der Waals surface area (Å²) in [6, 6.07) is 17.7. The van der Waals surface area contributed by atoms with Gasteiger partial charge in [0.05, 0.1) is 12.2 Å². The summed E-state index contributed by atoms with van der Waals surface area (Å²) >= 11 is 5.04. The third-order valence-corrected chi connectivity index (χ3v) is 6.16. The lowest BCUT2D eigenvalue weighted by Gasteiger charge is -2.28. The van der Waals surface area contributed by atoms with E-state index in [4.69, 9.17) is 9.84 Å². The molecule has 2 aromatic carbocycles. The maximum Gasteiger partial charge on any atom is 0.338 e. The van der Waals surface area contributed by atoms with E-state index in [0.717, 1.165) is 21.5 Å². The fraction of sp³-hybridized carbons (Fsp3) is 0.227. The van der Waals surface area contributed by atoms with Crippen molar-refractivity contribution in [2.24, 2.45) is 0 Å². The van der Waals surface area contributed by atoms with E-state index in [-0.39, 0.29) is 5.97 Å². The molecule has 0 fully saturated rings. The van der Waals surface area contributed by atoms with Crippen molar-refractivity contribution >= 4 is 39.6 Å². The van der Waals surface area contributed by atoms with Crippen LogP contribution in [0.25, 0.3) is 0 Å². The summed E-state index contributed by atoms with van der Waals surface area (Å²) in [6.45, 7) is 3.98. The molecule has 154 valence electrons. The number of nitrogens with zero attached hydrogens (tertiary/aromatic N) is 3. The SMILES string of the molecule is CCOC(=O)C1=C(C)Nc2nc(SCc3ccccc3)nn2[C@H]1c1ccc(Br)cc1. The highest BCUT2D eigenvalue weighted by Gasteiger charge is 2.35. The number of allylic oxidation sites excluding steroid dienone is 1. The second kappa shape index (κ2) is 9.06. The van der Waals surface area contributed by atoms with Gasteiger partial charge in [-0.1, -0.05) is 70.2 Å². The van der Waals surface area contributed by atoms with Crippen LogP contribution in [0.4, 0.5) is 5.95 Å². The van der Waals surface area contributed by atoms with Gasteiger partial charge in [0, 0.05) is 15.9 Å². The van der Waals surface area contributed by atoms with Gasteiger partial charge in [0.2, 0.25) is 11.1 Å². The van der Waals surface area contributed by atoms with Crippen LogP contribution in [0, 0.1) is 0 Å². The molecule has 0 saturated heterocycles. The topological polar surface area (TPSA) is 69.0 Å². The van der Waals surface area contributed by atoms with Gasteiger partial charge in [-0.3, -0.25) is 0 Å². The number of carbonyl (C=O) groups excluding carboxylic acids is 1. The minimum atomic E-state index is -0.410. The van der Waals surface area contributed by atoms with E-state index in [0.29, 0.717) is 23.3 Å². The fourth-order valence-corrected chi connectivity index (χ4v) is 4.39. The average molecular weight is 485 g/mol. The summed E-state index contributed by atoms with van der Waals surface area (Å²) in [5.74, 6) is 1.03. The molecule has 1 aliphatic heterocycles. The van der Waals surface area contributed by atoms with Crippen LogP contribution in [0.3, 0.4) is 0 Å². The first-order valence-electron chi connectivity index (χ1n) is 9.60. The molecule has 0 unspecified atom stereocenters. The number of aromatic nitrogens is 3. The lowest BCUT2D eigenvalue weighted by atomic mass is 9.96. The molecule has 0 radical (unpaired) electrons. The van der Waals surface area contributed by atoms with Crippen molar-refractivity contribution in [3.63, 3.8) is 0 Å². The molecule has 1 aromatic heterocycles. The lowest BCUT2D eigenvalue weighted by molar-refractivity contribution is -0.139. The zero-order valence-corrected chi connectivity index (χ0v) is 19.0. The summed E-state index contributed by atoms with van der Waals surface area (Å²) in [5, 5.41) is 8.60. The number of anilines is 1. The molecule has 2 heterocycles. The van der Waals surface area contributed by atoms with Crippen LogP contribution < -0.4 is 5.32 Å². The normalized spacial score (nSPS) is 15.5. The predicted molar refractivity (Wildman–Crippen MR) is 121 cm³/mol. The maximum absolute atomic E-state index is 12.8. The van der Waals surface area contributed by atoms with Gasteiger partial charge in [-0.15, -0.1) is 5.10 Å². The van der Waals surface area contributed by atoms with Gasteiger partial charge in [-0.2, -0.15) is 4.98 Å². The van der Waals surface area contributed by atoms with Gasteiger partial charge in [-0.25, -0.2) is 9.48 Å². The Kier molecular flexibility index (Phi) is 6.24. The Morgan fingerprint density at radius 1 is 1.20 bits per heavy atom. The van der Waals surface area contributed by atoms with Crippen LogP contribution in [0.1, 0.15) is 31.0 Å². The van der Waals surface area contributed by atoms with Crippen LogP contribution in [0.15, 0.2) is 75.5 Å². The third kappa shape index (κ3) is 4.29.